The van der Waals surface area contributed by atoms with Gasteiger partial charge in [0.2, 0.25) is 5.91 Å². The summed E-state index contributed by atoms with van der Waals surface area (Å²) in [7, 11) is 3.33. The van der Waals surface area contributed by atoms with Gasteiger partial charge in [0, 0.05) is 32.5 Å². The van der Waals surface area contributed by atoms with Crippen LogP contribution in [0.4, 0.5) is 5.69 Å². The molecule has 0 aromatic carbocycles. The minimum atomic E-state index is -0.489. The van der Waals surface area contributed by atoms with Gasteiger partial charge in [0.05, 0.1) is 11.9 Å². The van der Waals surface area contributed by atoms with Crippen molar-refractivity contribution in [2.24, 2.45) is 0 Å². The SMILES string of the molecule is CCn1ncc(NC(=O)C(C)n2nccc2C)c1C(=O)N(C)C. The van der Waals surface area contributed by atoms with E-state index in [-0.39, 0.29) is 11.8 Å². The molecule has 1 atom stereocenters. The number of hydrogen-bond acceptors (Lipinski definition) is 4. The molecule has 124 valence electrons. The number of hydrogen-bond donors (Lipinski definition) is 1. The number of amides is 2. The number of nitrogens with zero attached hydrogens (tertiary/aromatic N) is 5. The lowest BCUT2D eigenvalue weighted by Gasteiger charge is -2.16. The van der Waals surface area contributed by atoms with Crippen molar-refractivity contribution in [1.82, 2.24) is 24.5 Å². The van der Waals surface area contributed by atoms with Gasteiger partial charge in [-0.25, -0.2) is 0 Å². The zero-order valence-electron chi connectivity index (χ0n) is 14.1. The predicted octanol–water partition coefficient (Wildman–Crippen LogP) is 1.31. The van der Waals surface area contributed by atoms with Gasteiger partial charge in [-0.2, -0.15) is 10.2 Å². The van der Waals surface area contributed by atoms with Gasteiger partial charge in [-0.05, 0) is 26.8 Å². The van der Waals surface area contributed by atoms with E-state index >= 15 is 0 Å². The summed E-state index contributed by atoms with van der Waals surface area (Å²) in [5, 5.41) is 11.1. The third-order valence-electron chi connectivity index (χ3n) is 3.62. The molecule has 2 heterocycles. The Morgan fingerprint density at radius 2 is 2.04 bits per heavy atom. The van der Waals surface area contributed by atoms with Crippen molar-refractivity contribution in [1.29, 1.82) is 0 Å². The molecule has 1 N–H and O–H groups in total. The van der Waals surface area contributed by atoms with Gasteiger partial charge in [0.15, 0.2) is 0 Å². The molecular formula is C15H22N6O2. The zero-order valence-corrected chi connectivity index (χ0v) is 14.1. The maximum Gasteiger partial charge on any atom is 0.273 e. The fourth-order valence-corrected chi connectivity index (χ4v) is 2.29. The summed E-state index contributed by atoms with van der Waals surface area (Å²) in [6.07, 6.45) is 3.15. The van der Waals surface area contributed by atoms with Crippen LogP contribution in [0.5, 0.6) is 0 Å². The van der Waals surface area contributed by atoms with Crippen LogP contribution in [0, 0.1) is 6.92 Å². The minimum Gasteiger partial charge on any atom is -0.343 e. The van der Waals surface area contributed by atoms with Gasteiger partial charge in [-0.15, -0.1) is 0 Å². The Kier molecular flexibility index (Phi) is 4.83. The molecule has 0 bridgehead atoms. The molecule has 0 aliphatic rings. The van der Waals surface area contributed by atoms with E-state index in [4.69, 9.17) is 0 Å². The Labute approximate surface area is 135 Å². The first-order valence-electron chi connectivity index (χ1n) is 7.45. The van der Waals surface area contributed by atoms with E-state index in [2.05, 4.69) is 15.5 Å². The topological polar surface area (TPSA) is 85.0 Å². The second-order valence-electron chi connectivity index (χ2n) is 5.50. The molecule has 2 aromatic heterocycles. The molecule has 8 nitrogen and oxygen atoms in total. The number of carbonyl (C=O) groups excluding carboxylic acids is 2. The van der Waals surface area contributed by atoms with Crippen molar-refractivity contribution >= 4 is 17.5 Å². The largest absolute Gasteiger partial charge is 0.343 e. The lowest BCUT2D eigenvalue weighted by atomic mass is 10.2. The van der Waals surface area contributed by atoms with Gasteiger partial charge in [0.25, 0.3) is 5.91 Å². The number of aryl methyl sites for hydroxylation is 2. The summed E-state index contributed by atoms with van der Waals surface area (Å²) in [6.45, 7) is 6.07. The Bertz CT molecular complexity index is 715. The summed E-state index contributed by atoms with van der Waals surface area (Å²) >= 11 is 0. The fourth-order valence-electron chi connectivity index (χ4n) is 2.29. The molecule has 2 amide bonds. The second kappa shape index (κ2) is 6.64. The Morgan fingerprint density at radius 3 is 2.57 bits per heavy atom. The van der Waals surface area contributed by atoms with Crippen LogP contribution in [0.2, 0.25) is 0 Å². The molecule has 0 spiro atoms. The number of nitrogens with one attached hydrogen (secondary N) is 1. The molecular weight excluding hydrogens is 296 g/mol. The highest BCUT2D eigenvalue weighted by molar-refractivity contribution is 6.03. The molecule has 2 aromatic rings. The average molecular weight is 318 g/mol. The first-order chi connectivity index (χ1) is 10.9. The molecule has 0 saturated carbocycles. The van der Waals surface area contributed by atoms with E-state index in [1.807, 2.05) is 19.9 Å². The number of aromatic nitrogens is 4. The number of rotatable bonds is 5. The average Bonchev–Trinajstić information content (AvgIpc) is 3.11. The second-order valence-corrected chi connectivity index (χ2v) is 5.50. The van der Waals surface area contributed by atoms with E-state index in [0.29, 0.717) is 17.9 Å². The van der Waals surface area contributed by atoms with E-state index in [9.17, 15) is 9.59 Å². The maximum absolute atomic E-state index is 12.5. The van der Waals surface area contributed by atoms with Gasteiger partial charge in [0.1, 0.15) is 11.7 Å². The highest BCUT2D eigenvalue weighted by Crippen LogP contribution is 2.19. The monoisotopic (exact) mass is 318 g/mol. The Balaban J connectivity index is 2.26. The van der Waals surface area contributed by atoms with Gasteiger partial charge in [-0.1, -0.05) is 0 Å². The highest BCUT2D eigenvalue weighted by Gasteiger charge is 2.24. The lowest BCUT2D eigenvalue weighted by Crippen LogP contribution is -2.29. The normalized spacial score (nSPS) is 12.0. The van der Waals surface area contributed by atoms with Crippen molar-refractivity contribution in [3.05, 3.63) is 29.8 Å². The molecule has 0 fully saturated rings. The summed E-state index contributed by atoms with van der Waals surface area (Å²) in [4.78, 5) is 26.3. The van der Waals surface area contributed by atoms with Crippen molar-refractivity contribution in [3.8, 4) is 0 Å². The van der Waals surface area contributed by atoms with Crippen molar-refractivity contribution in [2.45, 2.75) is 33.4 Å². The lowest BCUT2D eigenvalue weighted by molar-refractivity contribution is -0.119. The van der Waals surface area contributed by atoms with Crippen LogP contribution in [0.15, 0.2) is 18.5 Å². The maximum atomic E-state index is 12.5. The summed E-state index contributed by atoms with van der Waals surface area (Å²) in [6, 6.07) is 1.34. The zero-order chi connectivity index (χ0) is 17.1. The highest BCUT2D eigenvalue weighted by atomic mass is 16.2. The summed E-state index contributed by atoms with van der Waals surface area (Å²) in [5.41, 5.74) is 1.67. The molecule has 2 rings (SSSR count). The van der Waals surface area contributed by atoms with E-state index < -0.39 is 6.04 Å². The smallest absolute Gasteiger partial charge is 0.273 e. The van der Waals surface area contributed by atoms with Gasteiger partial charge >= 0.3 is 0 Å². The Morgan fingerprint density at radius 1 is 1.35 bits per heavy atom. The van der Waals surface area contributed by atoms with E-state index in [0.717, 1.165) is 5.69 Å². The molecule has 0 aliphatic carbocycles. The fraction of sp³-hybridized carbons (Fsp3) is 0.467. The van der Waals surface area contributed by atoms with E-state index in [1.54, 1.807) is 36.6 Å². The van der Waals surface area contributed by atoms with Crippen LogP contribution in [-0.2, 0) is 11.3 Å². The van der Waals surface area contributed by atoms with Crippen LogP contribution >= 0.6 is 0 Å². The number of anilines is 1. The van der Waals surface area contributed by atoms with Crippen molar-refractivity contribution < 1.29 is 9.59 Å². The van der Waals surface area contributed by atoms with Crippen LogP contribution in [0.3, 0.4) is 0 Å². The van der Waals surface area contributed by atoms with Crippen molar-refractivity contribution in [2.75, 3.05) is 19.4 Å². The summed E-state index contributed by atoms with van der Waals surface area (Å²) < 4.78 is 3.20. The molecule has 0 saturated heterocycles. The first-order valence-corrected chi connectivity index (χ1v) is 7.45. The Hall–Kier alpha value is -2.64. The molecule has 0 radical (unpaired) electrons. The van der Waals surface area contributed by atoms with Crippen LogP contribution in [0.25, 0.3) is 0 Å². The third-order valence-corrected chi connectivity index (χ3v) is 3.62. The van der Waals surface area contributed by atoms with Crippen molar-refractivity contribution in [3.63, 3.8) is 0 Å². The van der Waals surface area contributed by atoms with Crippen LogP contribution in [-0.4, -0.2) is 50.4 Å². The third kappa shape index (κ3) is 3.25. The molecule has 8 heteroatoms. The van der Waals surface area contributed by atoms with E-state index in [1.165, 1.54) is 11.1 Å². The standard InChI is InChI=1S/C15H22N6O2/c1-6-20-13(15(23)19(4)5)12(9-17-20)18-14(22)11(3)21-10(2)7-8-16-21/h7-9,11H,6H2,1-5H3,(H,18,22). The molecule has 1 unspecified atom stereocenters. The summed E-state index contributed by atoms with van der Waals surface area (Å²) in [5.74, 6) is -0.456. The van der Waals surface area contributed by atoms with Gasteiger partial charge in [-0.3, -0.25) is 19.0 Å². The first kappa shape index (κ1) is 16.7. The number of carbonyl (C=O) groups is 2. The van der Waals surface area contributed by atoms with Crippen LogP contribution < -0.4 is 5.32 Å². The van der Waals surface area contributed by atoms with Gasteiger partial charge < -0.3 is 10.2 Å². The van der Waals surface area contributed by atoms with Crippen LogP contribution in [0.1, 0.15) is 36.1 Å². The quantitative estimate of drug-likeness (QED) is 0.900. The molecule has 23 heavy (non-hydrogen) atoms. The minimum absolute atomic E-state index is 0.206. The predicted molar refractivity (Wildman–Crippen MR) is 86.2 cm³/mol. The molecule has 0 aliphatic heterocycles.